The Kier molecular flexibility index (Phi) is 43.1. The van der Waals surface area contributed by atoms with Crippen molar-refractivity contribution in [1.82, 2.24) is 0 Å². The van der Waals surface area contributed by atoms with Crippen molar-refractivity contribution >= 4 is 17.9 Å². The quantitative estimate of drug-likeness (QED) is 0.0266. The third-order valence-electron chi connectivity index (χ3n) is 9.30. The van der Waals surface area contributed by atoms with Crippen molar-refractivity contribution in [3.63, 3.8) is 0 Å². The molecular formula is C52H84O6. The van der Waals surface area contributed by atoms with Crippen molar-refractivity contribution in [2.45, 2.75) is 200 Å². The van der Waals surface area contributed by atoms with Crippen LogP contribution < -0.4 is 0 Å². The first-order chi connectivity index (χ1) is 28.5. The van der Waals surface area contributed by atoms with Gasteiger partial charge in [-0.3, -0.25) is 14.4 Å². The van der Waals surface area contributed by atoms with Crippen LogP contribution in [0.4, 0.5) is 0 Å². The van der Waals surface area contributed by atoms with Crippen molar-refractivity contribution in [3.05, 3.63) is 97.2 Å². The second kappa shape index (κ2) is 46.0. The summed E-state index contributed by atoms with van der Waals surface area (Å²) in [7, 11) is 0. The van der Waals surface area contributed by atoms with E-state index in [1.54, 1.807) is 0 Å². The molecule has 0 aliphatic rings. The van der Waals surface area contributed by atoms with Crippen LogP contribution in [0.1, 0.15) is 194 Å². The van der Waals surface area contributed by atoms with Gasteiger partial charge in [-0.05, 0) is 109 Å². The Hall–Kier alpha value is -3.67. The molecule has 0 amide bonds. The molecule has 0 aliphatic carbocycles. The smallest absolute Gasteiger partial charge is 0.306 e. The molecule has 0 N–H and O–H groups in total. The summed E-state index contributed by atoms with van der Waals surface area (Å²) in [6, 6.07) is 0. The molecule has 0 radical (unpaired) electrons. The number of carbonyl (C=O) groups excluding carboxylic acids is 3. The molecule has 0 saturated carbocycles. The summed E-state index contributed by atoms with van der Waals surface area (Å²) in [5, 5.41) is 0. The second-order valence-corrected chi connectivity index (χ2v) is 14.9. The molecule has 0 rings (SSSR count). The molecule has 0 saturated heterocycles. The molecular weight excluding hydrogens is 721 g/mol. The summed E-state index contributed by atoms with van der Waals surface area (Å²) in [6.07, 6.45) is 59.8. The summed E-state index contributed by atoms with van der Waals surface area (Å²) in [4.78, 5) is 37.7. The van der Waals surface area contributed by atoms with Gasteiger partial charge in [0.25, 0.3) is 0 Å². The molecule has 0 aromatic carbocycles. The van der Waals surface area contributed by atoms with Gasteiger partial charge in [-0.25, -0.2) is 0 Å². The minimum absolute atomic E-state index is 0.117. The Bertz CT molecular complexity index is 1200. The number of ether oxygens (including phenoxy) is 3. The minimum atomic E-state index is -0.815. The Morgan fingerprint density at radius 2 is 0.690 bits per heavy atom. The van der Waals surface area contributed by atoms with Crippen LogP contribution in [0.5, 0.6) is 0 Å². The van der Waals surface area contributed by atoms with Crippen molar-refractivity contribution in [3.8, 4) is 0 Å². The van der Waals surface area contributed by atoms with E-state index in [9.17, 15) is 14.4 Å². The van der Waals surface area contributed by atoms with Crippen LogP contribution in [0.25, 0.3) is 0 Å². The van der Waals surface area contributed by atoms with E-state index in [-0.39, 0.29) is 37.5 Å². The van der Waals surface area contributed by atoms with Gasteiger partial charge >= 0.3 is 17.9 Å². The SMILES string of the molecule is CC/C=C\C/C=C\CCCCCCCCCC(=O)OC(COC(=O)CCC/C=C\C/C=C\C/C=C\C/C=C\CCCCC)COC(=O)CCCC/C=C\C/C=C\CC. The number of allylic oxidation sites excluding steroid dienone is 16. The Morgan fingerprint density at radius 3 is 1.16 bits per heavy atom. The molecule has 6 nitrogen and oxygen atoms in total. The molecule has 6 heteroatoms. The van der Waals surface area contributed by atoms with Crippen LogP contribution in [0, 0.1) is 0 Å². The summed E-state index contributed by atoms with van der Waals surface area (Å²) >= 11 is 0. The average molecular weight is 805 g/mol. The van der Waals surface area contributed by atoms with Gasteiger partial charge < -0.3 is 14.2 Å². The summed E-state index contributed by atoms with van der Waals surface area (Å²) < 4.78 is 16.6. The number of rotatable bonds is 40. The molecule has 1 atom stereocenters. The molecule has 0 bridgehead atoms. The van der Waals surface area contributed by atoms with Gasteiger partial charge in [0.1, 0.15) is 13.2 Å². The van der Waals surface area contributed by atoms with Gasteiger partial charge in [0, 0.05) is 19.3 Å². The topological polar surface area (TPSA) is 78.9 Å². The van der Waals surface area contributed by atoms with Crippen LogP contribution in [0.15, 0.2) is 97.2 Å². The van der Waals surface area contributed by atoms with Crippen LogP contribution in [0.3, 0.4) is 0 Å². The Morgan fingerprint density at radius 1 is 0.362 bits per heavy atom. The van der Waals surface area contributed by atoms with Gasteiger partial charge in [0.15, 0.2) is 6.10 Å². The molecule has 0 spiro atoms. The van der Waals surface area contributed by atoms with E-state index in [0.717, 1.165) is 96.3 Å². The average Bonchev–Trinajstić information content (AvgIpc) is 3.22. The highest BCUT2D eigenvalue weighted by molar-refractivity contribution is 5.71. The Labute approximate surface area is 356 Å². The van der Waals surface area contributed by atoms with E-state index in [0.29, 0.717) is 19.3 Å². The monoisotopic (exact) mass is 805 g/mol. The summed E-state index contributed by atoms with van der Waals surface area (Å²) in [5.41, 5.74) is 0. The maximum atomic E-state index is 12.7. The predicted octanol–water partition coefficient (Wildman–Crippen LogP) is 15.0. The lowest BCUT2D eigenvalue weighted by Gasteiger charge is -2.18. The van der Waals surface area contributed by atoms with E-state index < -0.39 is 6.10 Å². The van der Waals surface area contributed by atoms with E-state index in [2.05, 4.69) is 118 Å². The highest BCUT2D eigenvalue weighted by atomic mass is 16.6. The maximum absolute atomic E-state index is 12.7. The normalized spacial score (nSPS) is 12.9. The number of hydrogen-bond acceptors (Lipinski definition) is 6. The third-order valence-corrected chi connectivity index (χ3v) is 9.30. The van der Waals surface area contributed by atoms with Crippen molar-refractivity contribution < 1.29 is 28.6 Å². The molecule has 1 unspecified atom stereocenters. The highest BCUT2D eigenvalue weighted by Gasteiger charge is 2.19. The summed E-state index contributed by atoms with van der Waals surface area (Å²) in [6.45, 7) is 6.27. The van der Waals surface area contributed by atoms with E-state index >= 15 is 0 Å². The molecule has 0 aromatic heterocycles. The van der Waals surface area contributed by atoms with Crippen LogP contribution in [-0.4, -0.2) is 37.2 Å². The lowest BCUT2D eigenvalue weighted by molar-refractivity contribution is -0.167. The maximum Gasteiger partial charge on any atom is 0.306 e. The van der Waals surface area contributed by atoms with Crippen LogP contribution >= 0.6 is 0 Å². The number of esters is 3. The first-order valence-electron chi connectivity index (χ1n) is 23.2. The van der Waals surface area contributed by atoms with Crippen LogP contribution in [-0.2, 0) is 28.6 Å². The fourth-order valence-corrected chi connectivity index (χ4v) is 5.86. The zero-order chi connectivity index (χ0) is 42.3. The minimum Gasteiger partial charge on any atom is -0.462 e. The van der Waals surface area contributed by atoms with Crippen molar-refractivity contribution in [1.29, 1.82) is 0 Å². The largest absolute Gasteiger partial charge is 0.462 e. The molecule has 58 heavy (non-hydrogen) atoms. The second-order valence-electron chi connectivity index (χ2n) is 14.9. The molecule has 0 fully saturated rings. The van der Waals surface area contributed by atoms with Crippen molar-refractivity contribution in [2.75, 3.05) is 13.2 Å². The zero-order valence-corrected chi connectivity index (χ0v) is 37.3. The number of unbranched alkanes of at least 4 members (excludes halogenated alkanes) is 13. The van der Waals surface area contributed by atoms with Crippen LogP contribution in [0.2, 0.25) is 0 Å². The van der Waals surface area contributed by atoms with E-state index in [4.69, 9.17) is 14.2 Å². The van der Waals surface area contributed by atoms with Gasteiger partial charge in [0.2, 0.25) is 0 Å². The lowest BCUT2D eigenvalue weighted by Crippen LogP contribution is -2.30. The first kappa shape index (κ1) is 54.3. The third kappa shape index (κ3) is 43.5. The van der Waals surface area contributed by atoms with E-state index in [1.807, 2.05) is 0 Å². The number of carbonyl (C=O) groups is 3. The zero-order valence-electron chi connectivity index (χ0n) is 37.3. The molecule has 0 aliphatic heterocycles. The number of hydrogen-bond donors (Lipinski definition) is 0. The van der Waals surface area contributed by atoms with E-state index in [1.165, 1.54) is 51.4 Å². The molecule has 0 heterocycles. The lowest BCUT2D eigenvalue weighted by atomic mass is 10.1. The summed E-state index contributed by atoms with van der Waals surface area (Å²) in [5.74, 6) is -1.03. The standard InChI is InChI=1S/C52H84O6/c1-4-7-10-13-16-19-21-23-25-26-27-29-30-33-36-39-42-45-51(54)57-48-49(47-56-50(53)44-41-38-35-32-18-15-12-9-6-3)58-52(55)46-43-40-37-34-31-28-24-22-20-17-14-11-8-5-2/h8-9,11-12,16-20,23,25,27,29,32-33,36,49H,4-7,10,13-15,21-22,24,26,28,30-31,34-35,37-48H2,1-3H3/b11-8-,12-9-,19-16-,20-17-,25-23-,29-27-,32-18-,36-33-. The van der Waals surface area contributed by atoms with Gasteiger partial charge in [-0.2, -0.15) is 0 Å². The van der Waals surface area contributed by atoms with Gasteiger partial charge in [-0.1, -0.05) is 163 Å². The molecule has 328 valence electrons. The molecule has 0 aromatic rings. The fourth-order valence-electron chi connectivity index (χ4n) is 5.86. The highest BCUT2D eigenvalue weighted by Crippen LogP contribution is 2.12. The van der Waals surface area contributed by atoms with Crippen molar-refractivity contribution in [2.24, 2.45) is 0 Å². The first-order valence-corrected chi connectivity index (χ1v) is 23.2. The predicted molar refractivity (Wildman–Crippen MR) is 247 cm³/mol. The van der Waals surface area contributed by atoms with Gasteiger partial charge in [0.05, 0.1) is 0 Å². The fraction of sp³-hybridized carbons (Fsp3) is 0.635. The van der Waals surface area contributed by atoms with Gasteiger partial charge in [-0.15, -0.1) is 0 Å². The Balaban J connectivity index is 4.49.